The Bertz CT molecular complexity index is 881. The number of nitrogens with zero attached hydrogens (tertiary/aromatic N) is 3. The third-order valence-corrected chi connectivity index (χ3v) is 6.17. The molecule has 1 saturated heterocycles. The van der Waals surface area contributed by atoms with Crippen molar-refractivity contribution in [3.63, 3.8) is 0 Å². The number of aryl methyl sites for hydroxylation is 2. The van der Waals surface area contributed by atoms with E-state index in [4.69, 9.17) is 4.74 Å². The summed E-state index contributed by atoms with van der Waals surface area (Å²) in [4.78, 5) is 12.2. The van der Waals surface area contributed by atoms with Crippen LogP contribution in [0.4, 0.5) is 0 Å². The van der Waals surface area contributed by atoms with Gasteiger partial charge in [-0.3, -0.25) is 9.13 Å². The molecule has 7 nitrogen and oxygen atoms in total. The number of imidazole rings is 1. The molecule has 120 valence electrons. The Morgan fingerprint density at radius 3 is 2.55 bits per heavy atom. The topological polar surface area (TPSA) is 73.5 Å². The Morgan fingerprint density at radius 1 is 1.18 bits per heavy atom. The maximum absolute atomic E-state index is 12.8. The maximum atomic E-state index is 12.8. The highest BCUT2D eigenvalue weighted by Crippen LogP contribution is 2.23. The predicted molar refractivity (Wildman–Crippen MR) is 82.3 cm³/mol. The average Bonchev–Trinajstić information content (AvgIpc) is 2.72. The number of morpholine rings is 1. The lowest BCUT2D eigenvalue weighted by molar-refractivity contribution is 0.0393. The summed E-state index contributed by atoms with van der Waals surface area (Å²) in [7, 11) is -0.287. The summed E-state index contributed by atoms with van der Waals surface area (Å²) in [5.74, 6) is 0. The van der Waals surface area contributed by atoms with Gasteiger partial charge in [-0.05, 0) is 25.1 Å². The molecule has 0 radical (unpaired) electrons. The van der Waals surface area contributed by atoms with Gasteiger partial charge in [0, 0.05) is 26.7 Å². The Kier molecular flexibility index (Phi) is 3.62. The Balaban J connectivity index is 2.13. The standard InChI is InChI=1S/C14H19N3O4S/c1-10-9-21-7-6-17(10)22(19,20)11-4-5-12-13(8-11)16(3)14(18)15(12)2/h4-5,8,10H,6-7,9H2,1-3H3. The van der Waals surface area contributed by atoms with Crippen LogP contribution in [0.25, 0.3) is 11.0 Å². The molecule has 0 N–H and O–H groups in total. The lowest BCUT2D eigenvalue weighted by Gasteiger charge is -2.32. The van der Waals surface area contributed by atoms with Crippen molar-refractivity contribution in [3.05, 3.63) is 28.7 Å². The van der Waals surface area contributed by atoms with Crippen molar-refractivity contribution in [2.75, 3.05) is 19.8 Å². The molecule has 2 heterocycles. The summed E-state index contributed by atoms with van der Waals surface area (Å²) in [5.41, 5.74) is 1.14. The zero-order chi connectivity index (χ0) is 16.1. The first kappa shape index (κ1) is 15.3. The summed E-state index contributed by atoms with van der Waals surface area (Å²) in [6.07, 6.45) is 0. The third-order valence-electron chi connectivity index (χ3n) is 4.16. The zero-order valence-corrected chi connectivity index (χ0v) is 13.6. The first-order valence-electron chi connectivity index (χ1n) is 7.09. The van der Waals surface area contributed by atoms with Crippen LogP contribution in [0, 0.1) is 0 Å². The largest absolute Gasteiger partial charge is 0.378 e. The van der Waals surface area contributed by atoms with Crippen molar-refractivity contribution < 1.29 is 13.2 Å². The second-order valence-corrected chi connectivity index (χ2v) is 7.48. The molecule has 8 heteroatoms. The molecule has 1 fully saturated rings. The van der Waals surface area contributed by atoms with E-state index in [1.807, 2.05) is 6.92 Å². The first-order valence-corrected chi connectivity index (χ1v) is 8.53. The minimum absolute atomic E-state index is 0.177. The smallest absolute Gasteiger partial charge is 0.328 e. The van der Waals surface area contributed by atoms with E-state index in [0.29, 0.717) is 30.8 Å². The molecule has 1 atom stereocenters. The minimum atomic E-state index is -3.59. The van der Waals surface area contributed by atoms with Gasteiger partial charge in [0.25, 0.3) is 0 Å². The van der Waals surface area contributed by atoms with Gasteiger partial charge in [0.05, 0.1) is 29.1 Å². The first-order chi connectivity index (χ1) is 10.3. The quantitative estimate of drug-likeness (QED) is 0.795. The van der Waals surface area contributed by atoms with Gasteiger partial charge in [-0.2, -0.15) is 4.31 Å². The monoisotopic (exact) mass is 325 g/mol. The van der Waals surface area contributed by atoms with Crippen LogP contribution in [0.3, 0.4) is 0 Å². The van der Waals surface area contributed by atoms with Crippen molar-refractivity contribution in [2.24, 2.45) is 14.1 Å². The van der Waals surface area contributed by atoms with E-state index in [1.165, 1.54) is 13.4 Å². The number of fused-ring (bicyclic) bond motifs is 1. The molecular weight excluding hydrogens is 306 g/mol. The molecule has 1 aliphatic heterocycles. The molecule has 2 aromatic rings. The Labute approximate surface area is 128 Å². The van der Waals surface area contributed by atoms with E-state index in [2.05, 4.69) is 0 Å². The third kappa shape index (κ3) is 2.18. The molecule has 1 aromatic carbocycles. The maximum Gasteiger partial charge on any atom is 0.328 e. The minimum Gasteiger partial charge on any atom is -0.378 e. The number of benzene rings is 1. The van der Waals surface area contributed by atoms with Gasteiger partial charge < -0.3 is 4.74 Å². The fraction of sp³-hybridized carbons (Fsp3) is 0.500. The van der Waals surface area contributed by atoms with Crippen molar-refractivity contribution in [1.29, 1.82) is 0 Å². The van der Waals surface area contributed by atoms with Crippen molar-refractivity contribution in [2.45, 2.75) is 17.9 Å². The fourth-order valence-corrected chi connectivity index (χ4v) is 4.47. The second-order valence-electron chi connectivity index (χ2n) is 5.59. The molecule has 0 amide bonds. The number of aromatic nitrogens is 2. The van der Waals surface area contributed by atoms with Gasteiger partial charge in [-0.15, -0.1) is 0 Å². The molecule has 0 saturated carbocycles. The lowest BCUT2D eigenvalue weighted by atomic mass is 10.3. The van der Waals surface area contributed by atoms with Crippen molar-refractivity contribution in [3.8, 4) is 0 Å². The lowest BCUT2D eigenvalue weighted by Crippen LogP contribution is -2.46. The highest BCUT2D eigenvalue weighted by Gasteiger charge is 2.31. The predicted octanol–water partition coefficient (Wildman–Crippen LogP) is 0.286. The van der Waals surface area contributed by atoms with E-state index in [9.17, 15) is 13.2 Å². The Morgan fingerprint density at radius 2 is 1.86 bits per heavy atom. The van der Waals surface area contributed by atoms with Crippen LogP contribution in [-0.4, -0.2) is 47.7 Å². The molecular formula is C14H19N3O4S. The fourth-order valence-electron chi connectivity index (χ4n) is 2.85. The normalized spacial score (nSPS) is 20.6. The van der Waals surface area contributed by atoms with Crippen LogP contribution in [0.1, 0.15) is 6.92 Å². The molecule has 0 aliphatic carbocycles. The summed E-state index contributed by atoms with van der Waals surface area (Å²) < 4.78 is 35.4. The van der Waals surface area contributed by atoms with Gasteiger partial charge >= 0.3 is 5.69 Å². The number of hydrogen-bond acceptors (Lipinski definition) is 4. The van der Waals surface area contributed by atoms with Crippen LogP contribution >= 0.6 is 0 Å². The summed E-state index contributed by atoms with van der Waals surface area (Å²) in [6, 6.07) is 4.59. The number of hydrogen-bond donors (Lipinski definition) is 0. The van der Waals surface area contributed by atoms with E-state index in [-0.39, 0.29) is 16.6 Å². The SMILES string of the molecule is CC1COCCN1S(=O)(=O)c1ccc2c(c1)n(C)c(=O)n2C. The molecule has 3 rings (SSSR count). The number of sulfonamides is 1. The Hall–Kier alpha value is -1.64. The van der Waals surface area contributed by atoms with Gasteiger partial charge in [0.15, 0.2) is 0 Å². The van der Waals surface area contributed by atoms with Crippen LogP contribution in [-0.2, 0) is 28.9 Å². The zero-order valence-electron chi connectivity index (χ0n) is 12.8. The average molecular weight is 325 g/mol. The van der Waals surface area contributed by atoms with Crippen molar-refractivity contribution in [1.82, 2.24) is 13.4 Å². The van der Waals surface area contributed by atoms with Crippen LogP contribution in [0.2, 0.25) is 0 Å². The van der Waals surface area contributed by atoms with E-state index < -0.39 is 10.0 Å². The molecule has 22 heavy (non-hydrogen) atoms. The summed E-state index contributed by atoms with van der Waals surface area (Å²) >= 11 is 0. The van der Waals surface area contributed by atoms with Crippen LogP contribution < -0.4 is 5.69 Å². The molecule has 1 aromatic heterocycles. The molecule has 1 unspecified atom stereocenters. The molecule has 0 spiro atoms. The number of ether oxygens (including phenoxy) is 1. The van der Waals surface area contributed by atoms with E-state index in [0.717, 1.165) is 0 Å². The van der Waals surface area contributed by atoms with Crippen LogP contribution in [0.15, 0.2) is 27.9 Å². The highest BCUT2D eigenvalue weighted by molar-refractivity contribution is 7.89. The molecule has 1 aliphatic rings. The summed E-state index contributed by atoms with van der Waals surface area (Å²) in [5, 5.41) is 0. The highest BCUT2D eigenvalue weighted by atomic mass is 32.2. The van der Waals surface area contributed by atoms with Gasteiger partial charge in [0.2, 0.25) is 10.0 Å². The van der Waals surface area contributed by atoms with Crippen molar-refractivity contribution >= 4 is 21.1 Å². The summed E-state index contributed by atoms with van der Waals surface area (Å²) in [6.45, 7) is 2.96. The number of rotatable bonds is 2. The van der Waals surface area contributed by atoms with Crippen LogP contribution in [0.5, 0.6) is 0 Å². The van der Waals surface area contributed by atoms with Gasteiger partial charge in [-0.25, -0.2) is 13.2 Å². The van der Waals surface area contributed by atoms with Gasteiger partial charge in [-0.1, -0.05) is 0 Å². The van der Waals surface area contributed by atoms with E-state index >= 15 is 0 Å². The molecule has 0 bridgehead atoms. The van der Waals surface area contributed by atoms with E-state index in [1.54, 1.807) is 32.3 Å². The van der Waals surface area contributed by atoms with Gasteiger partial charge in [0.1, 0.15) is 0 Å². The second kappa shape index (κ2) is 5.22.